The maximum Gasteiger partial charge on any atom is 0.416 e. The molecule has 0 spiro atoms. The third-order valence-electron chi connectivity index (χ3n) is 3.66. The largest absolute Gasteiger partial charge is 0.416 e. The van der Waals surface area contributed by atoms with Gasteiger partial charge in [-0.25, -0.2) is 0 Å². The number of rotatable bonds is 4. The third kappa shape index (κ3) is 4.16. The number of halogens is 3. The van der Waals surface area contributed by atoms with Crippen LogP contribution < -0.4 is 0 Å². The molecule has 24 heavy (non-hydrogen) atoms. The van der Waals surface area contributed by atoms with Crippen molar-refractivity contribution < 1.29 is 13.2 Å². The monoisotopic (exact) mass is 371 g/mol. The van der Waals surface area contributed by atoms with Crippen LogP contribution in [0.25, 0.3) is 10.4 Å². The van der Waals surface area contributed by atoms with Gasteiger partial charge in [-0.2, -0.15) is 13.2 Å². The predicted molar refractivity (Wildman–Crippen MR) is 98.6 cm³/mol. The SMILES string of the molecule is CC(C)N(C(=S)c1ccc(-c2ccc(C(F)(F)F)cc2)s1)C(C)C. The van der Waals surface area contributed by atoms with Crippen molar-refractivity contribution in [1.29, 1.82) is 0 Å². The van der Waals surface area contributed by atoms with Gasteiger partial charge in [-0.1, -0.05) is 24.4 Å². The summed E-state index contributed by atoms with van der Waals surface area (Å²) < 4.78 is 38.0. The number of hydrogen-bond donors (Lipinski definition) is 0. The summed E-state index contributed by atoms with van der Waals surface area (Å²) in [5.74, 6) is 0. The minimum Gasteiger partial charge on any atom is -0.357 e. The van der Waals surface area contributed by atoms with E-state index in [1.54, 1.807) is 0 Å². The molecule has 0 aliphatic rings. The molecular formula is C18H20F3NS2. The van der Waals surface area contributed by atoms with E-state index in [9.17, 15) is 13.2 Å². The average molecular weight is 371 g/mol. The predicted octanol–water partition coefficient (Wildman–Crippen LogP) is 6.23. The normalized spacial score (nSPS) is 12.0. The van der Waals surface area contributed by atoms with Crippen LogP contribution in [0.15, 0.2) is 36.4 Å². The van der Waals surface area contributed by atoms with Crippen molar-refractivity contribution in [3.63, 3.8) is 0 Å². The van der Waals surface area contributed by atoms with Gasteiger partial charge < -0.3 is 4.90 Å². The minimum atomic E-state index is -4.31. The lowest BCUT2D eigenvalue weighted by Gasteiger charge is -2.32. The molecule has 1 aromatic heterocycles. The number of thiophene rings is 1. The molecule has 0 saturated heterocycles. The first-order chi connectivity index (χ1) is 11.1. The first-order valence-electron chi connectivity index (χ1n) is 7.71. The number of benzene rings is 1. The highest BCUT2D eigenvalue weighted by molar-refractivity contribution is 7.81. The molecule has 1 heterocycles. The molecule has 0 N–H and O–H groups in total. The van der Waals surface area contributed by atoms with Crippen molar-refractivity contribution in [2.24, 2.45) is 0 Å². The van der Waals surface area contributed by atoms with Crippen LogP contribution in [-0.2, 0) is 6.18 Å². The van der Waals surface area contributed by atoms with E-state index in [4.69, 9.17) is 12.2 Å². The molecule has 0 saturated carbocycles. The average Bonchev–Trinajstić information content (AvgIpc) is 2.95. The minimum absolute atomic E-state index is 0.286. The topological polar surface area (TPSA) is 3.24 Å². The Morgan fingerprint density at radius 1 is 0.958 bits per heavy atom. The summed E-state index contributed by atoms with van der Waals surface area (Å²) in [6.07, 6.45) is -4.31. The molecule has 0 aliphatic heterocycles. The van der Waals surface area contributed by atoms with Crippen molar-refractivity contribution in [3.05, 3.63) is 46.8 Å². The Bertz CT molecular complexity index is 692. The van der Waals surface area contributed by atoms with Gasteiger partial charge in [0.05, 0.1) is 10.4 Å². The Morgan fingerprint density at radius 3 is 1.96 bits per heavy atom. The van der Waals surface area contributed by atoms with Gasteiger partial charge in [0.1, 0.15) is 4.99 Å². The van der Waals surface area contributed by atoms with E-state index in [-0.39, 0.29) is 12.1 Å². The Morgan fingerprint density at radius 2 is 1.50 bits per heavy atom. The molecule has 1 nitrogen and oxygen atoms in total. The second-order valence-corrected chi connectivity index (χ2v) is 7.61. The van der Waals surface area contributed by atoms with Crippen LogP contribution >= 0.6 is 23.6 Å². The van der Waals surface area contributed by atoms with Crippen molar-refractivity contribution in [2.45, 2.75) is 46.0 Å². The smallest absolute Gasteiger partial charge is 0.357 e. The molecule has 0 atom stereocenters. The molecular weight excluding hydrogens is 351 g/mol. The highest BCUT2D eigenvalue weighted by Gasteiger charge is 2.30. The second-order valence-electron chi connectivity index (χ2n) is 6.14. The van der Waals surface area contributed by atoms with Crippen LogP contribution in [-0.4, -0.2) is 22.0 Å². The first-order valence-corrected chi connectivity index (χ1v) is 8.94. The number of thiocarbonyl (C=S) groups is 1. The highest BCUT2D eigenvalue weighted by atomic mass is 32.1. The fourth-order valence-electron chi connectivity index (χ4n) is 2.62. The lowest BCUT2D eigenvalue weighted by molar-refractivity contribution is -0.137. The number of hydrogen-bond acceptors (Lipinski definition) is 2. The summed E-state index contributed by atoms with van der Waals surface area (Å²) in [5.41, 5.74) is 0.132. The third-order valence-corrected chi connectivity index (χ3v) is 5.36. The van der Waals surface area contributed by atoms with E-state index < -0.39 is 11.7 Å². The molecule has 0 bridgehead atoms. The fourth-order valence-corrected chi connectivity index (χ4v) is 4.19. The van der Waals surface area contributed by atoms with E-state index in [1.807, 2.05) is 12.1 Å². The molecule has 0 aliphatic carbocycles. The van der Waals surface area contributed by atoms with Gasteiger partial charge >= 0.3 is 6.18 Å². The molecule has 1 aromatic carbocycles. The van der Waals surface area contributed by atoms with Gasteiger partial charge in [-0.05, 0) is 57.5 Å². The van der Waals surface area contributed by atoms with Gasteiger partial charge in [0.2, 0.25) is 0 Å². The standard InChI is InChI=1S/C18H20F3NS2/c1-11(2)22(12(3)4)17(23)16-10-9-15(24-16)13-5-7-14(8-6-13)18(19,20)21/h5-12H,1-4H3. The van der Waals surface area contributed by atoms with Crippen LogP contribution in [0.5, 0.6) is 0 Å². The fraction of sp³-hybridized carbons (Fsp3) is 0.389. The summed E-state index contributed by atoms with van der Waals surface area (Å²) in [5, 5.41) is 0. The molecule has 2 rings (SSSR count). The Balaban J connectivity index is 2.26. The molecule has 0 amide bonds. The van der Waals surface area contributed by atoms with E-state index in [0.29, 0.717) is 0 Å². The molecule has 0 radical (unpaired) electrons. The van der Waals surface area contributed by atoms with E-state index >= 15 is 0 Å². The number of nitrogens with zero attached hydrogens (tertiary/aromatic N) is 1. The Labute approximate surface area is 150 Å². The number of alkyl halides is 3. The first kappa shape index (κ1) is 18.9. The van der Waals surface area contributed by atoms with Gasteiger partial charge in [0.15, 0.2) is 0 Å². The molecule has 6 heteroatoms. The molecule has 130 valence electrons. The van der Waals surface area contributed by atoms with Crippen molar-refractivity contribution in [1.82, 2.24) is 4.90 Å². The molecule has 0 fully saturated rings. The lowest BCUT2D eigenvalue weighted by Crippen LogP contribution is -2.41. The van der Waals surface area contributed by atoms with Crippen LogP contribution in [0.2, 0.25) is 0 Å². The van der Waals surface area contributed by atoms with Gasteiger partial charge in [0, 0.05) is 17.0 Å². The maximum absolute atomic E-state index is 12.7. The van der Waals surface area contributed by atoms with E-state index in [1.165, 1.54) is 23.5 Å². The zero-order chi connectivity index (χ0) is 18.1. The summed E-state index contributed by atoms with van der Waals surface area (Å²) >= 11 is 7.12. The van der Waals surface area contributed by atoms with Gasteiger partial charge in [-0.15, -0.1) is 11.3 Å². The summed E-state index contributed by atoms with van der Waals surface area (Å²) in [4.78, 5) is 4.82. The molecule has 2 aromatic rings. The van der Waals surface area contributed by atoms with Crippen molar-refractivity contribution in [3.8, 4) is 10.4 Å². The van der Waals surface area contributed by atoms with Crippen molar-refractivity contribution >= 4 is 28.5 Å². The van der Waals surface area contributed by atoms with Gasteiger partial charge in [-0.3, -0.25) is 0 Å². The Hall–Kier alpha value is -1.40. The summed E-state index contributed by atoms with van der Waals surface area (Å²) in [7, 11) is 0. The van der Waals surface area contributed by atoms with E-state index in [2.05, 4.69) is 32.6 Å². The zero-order valence-corrected chi connectivity index (χ0v) is 15.6. The van der Waals surface area contributed by atoms with E-state index in [0.717, 1.165) is 32.4 Å². The lowest BCUT2D eigenvalue weighted by atomic mass is 10.1. The Kier molecular flexibility index (Phi) is 5.71. The summed E-state index contributed by atoms with van der Waals surface area (Å²) in [6.45, 7) is 8.38. The quantitative estimate of drug-likeness (QED) is 0.586. The van der Waals surface area contributed by atoms with Crippen LogP contribution in [0.1, 0.15) is 38.1 Å². The van der Waals surface area contributed by atoms with Crippen LogP contribution in [0.3, 0.4) is 0 Å². The highest BCUT2D eigenvalue weighted by Crippen LogP contribution is 2.33. The second kappa shape index (κ2) is 7.23. The van der Waals surface area contributed by atoms with Gasteiger partial charge in [0.25, 0.3) is 0 Å². The van der Waals surface area contributed by atoms with Crippen LogP contribution in [0.4, 0.5) is 13.2 Å². The molecule has 0 unspecified atom stereocenters. The maximum atomic E-state index is 12.7. The van der Waals surface area contributed by atoms with Crippen LogP contribution in [0, 0.1) is 0 Å². The van der Waals surface area contributed by atoms with Crippen molar-refractivity contribution in [2.75, 3.05) is 0 Å². The zero-order valence-electron chi connectivity index (χ0n) is 14.0. The summed E-state index contributed by atoms with van der Waals surface area (Å²) in [6, 6.07) is 9.66.